The number of hydrogen-bond acceptors (Lipinski definition) is 7. The van der Waals surface area contributed by atoms with E-state index in [-0.39, 0.29) is 11.3 Å². The third-order valence-corrected chi connectivity index (χ3v) is 3.36. The standard InChI is InChI=1S/C15H13F3N2O6/c1-7(26-14(23)24-2)25-11(21)6-20-10-4-3-8(15(16,17)18)5-9(10)12(19)13(20)22/h3-5,7,19H,6H2,1-2H3. The lowest BCUT2D eigenvalue weighted by Crippen LogP contribution is -2.37. The molecule has 0 saturated carbocycles. The Kier molecular flexibility index (Phi) is 5.19. The SMILES string of the molecule is COC(=O)OC(C)OC(=O)CN1C(=O)C(=N)c2cc(C(F)(F)F)ccc21. The molecular formula is C15H13F3N2O6. The number of esters is 1. The number of anilines is 1. The van der Waals surface area contributed by atoms with Crippen LogP contribution < -0.4 is 4.90 Å². The van der Waals surface area contributed by atoms with E-state index in [4.69, 9.17) is 10.1 Å². The molecular weight excluding hydrogens is 361 g/mol. The molecule has 1 aromatic carbocycles. The highest BCUT2D eigenvalue weighted by Gasteiger charge is 2.38. The molecule has 1 heterocycles. The lowest BCUT2D eigenvalue weighted by atomic mass is 10.1. The van der Waals surface area contributed by atoms with Gasteiger partial charge in [-0.05, 0) is 18.2 Å². The van der Waals surface area contributed by atoms with Gasteiger partial charge in [-0.1, -0.05) is 0 Å². The van der Waals surface area contributed by atoms with Gasteiger partial charge in [0.15, 0.2) is 0 Å². The van der Waals surface area contributed by atoms with Crippen LogP contribution >= 0.6 is 0 Å². The monoisotopic (exact) mass is 374 g/mol. The molecule has 26 heavy (non-hydrogen) atoms. The van der Waals surface area contributed by atoms with Crippen LogP contribution in [0.25, 0.3) is 0 Å². The molecule has 1 amide bonds. The normalized spacial score (nSPS) is 14.7. The van der Waals surface area contributed by atoms with Gasteiger partial charge in [-0.3, -0.25) is 19.9 Å². The van der Waals surface area contributed by atoms with Gasteiger partial charge in [-0.2, -0.15) is 13.2 Å². The van der Waals surface area contributed by atoms with Crippen LogP contribution in [0, 0.1) is 5.41 Å². The summed E-state index contributed by atoms with van der Waals surface area (Å²) in [5, 5.41) is 7.67. The molecule has 0 fully saturated rings. The van der Waals surface area contributed by atoms with Crippen molar-refractivity contribution < 1.29 is 41.8 Å². The van der Waals surface area contributed by atoms with Gasteiger partial charge in [0.25, 0.3) is 5.91 Å². The molecule has 0 saturated heterocycles. The fourth-order valence-electron chi connectivity index (χ4n) is 2.22. The summed E-state index contributed by atoms with van der Waals surface area (Å²) in [5.41, 5.74) is -1.95. The number of nitrogens with one attached hydrogen (secondary N) is 1. The third-order valence-electron chi connectivity index (χ3n) is 3.36. The Morgan fingerprint density at radius 2 is 1.92 bits per heavy atom. The summed E-state index contributed by atoms with van der Waals surface area (Å²) < 4.78 is 51.8. The zero-order valence-corrected chi connectivity index (χ0v) is 13.5. The van der Waals surface area contributed by atoms with Crippen LogP contribution in [-0.2, 0) is 30.0 Å². The zero-order chi connectivity index (χ0) is 19.6. The van der Waals surface area contributed by atoms with Crippen molar-refractivity contribution in [2.24, 2.45) is 0 Å². The molecule has 140 valence electrons. The number of benzene rings is 1. The molecule has 11 heteroatoms. The van der Waals surface area contributed by atoms with Crippen LogP contribution in [0.3, 0.4) is 0 Å². The topological polar surface area (TPSA) is 106 Å². The molecule has 1 aliphatic heterocycles. The van der Waals surface area contributed by atoms with E-state index in [0.29, 0.717) is 6.07 Å². The summed E-state index contributed by atoms with van der Waals surface area (Å²) in [6, 6.07) is 2.41. The number of methoxy groups -OCH3 is 1. The summed E-state index contributed by atoms with van der Waals surface area (Å²) in [6.07, 6.45) is -7.03. The van der Waals surface area contributed by atoms with Crippen LogP contribution in [0.5, 0.6) is 0 Å². The molecule has 2 rings (SSSR count). The number of amides is 1. The first kappa shape index (κ1) is 19.2. The molecule has 0 spiro atoms. The smallest absolute Gasteiger partial charge is 0.438 e. The number of ether oxygens (including phenoxy) is 3. The molecule has 1 aromatic rings. The predicted molar refractivity (Wildman–Crippen MR) is 79.7 cm³/mol. The van der Waals surface area contributed by atoms with Crippen molar-refractivity contribution in [1.82, 2.24) is 0 Å². The van der Waals surface area contributed by atoms with E-state index in [0.717, 1.165) is 24.1 Å². The Balaban J connectivity index is 2.15. The third kappa shape index (κ3) is 3.92. The van der Waals surface area contributed by atoms with Gasteiger partial charge >= 0.3 is 18.3 Å². The molecule has 0 aromatic heterocycles. The molecule has 0 bridgehead atoms. The summed E-state index contributed by atoms with van der Waals surface area (Å²) in [4.78, 5) is 35.7. The number of hydrogen-bond donors (Lipinski definition) is 1. The van der Waals surface area contributed by atoms with Gasteiger partial charge in [-0.25, -0.2) is 4.79 Å². The number of carbonyl (C=O) groups excluding carboxylic acids is 3. The fourth-order valence-corrected chi connectivity index (χ4v) is 2.22. The van der Waals surface area contributed by atoms with Crippen molar-refractivity contribution in [2.75, 3.05) is 18.6 Å². The minimum absolute atomic E-state index is 0.0218. The maximum Gasteiger partial charge on any atom is 0.511 e. The van der Waals surface area contributed by atoms with Crippen LogP contribution in [0.1, 0.15) is 18.1 Å². The molecule has 0 aliphatic carbocycles. The molecule has 1 aliphatic rings. The van der Waals surface area contributed by atoms with Crippen molar-refractivity contribution >= 4 is 29.4 Å². The van der Waals surface area contributed by atoms with Crippen LogP contribution in [-0.4, -0.2) is 43.7 Å². The first-order chi connectivity index (χ1) is 12.0. The zero-order valence-electron chi connectivity index (χ0n) is 13.5. The summed E-state index contributed by atoms with van der Waals surface area (Å²) in [7, 11) is 1.05. The highest BCUT2D eigenvalue weighted by Crippen LogP contribution is 2.35. The van der Waals surface area contributed by atoms with Crippen molar-refractivity contribution in [3.63, 3.8) is 0 Å². The minimum atomic E-state index is -4.63. The van der Waals surface area contributed by atoms with Gasteiger partial charge < -0.3 is 14.2 Å². The fraction of sp³-hybridized carbons (Fsp3) is 0.333. The van der Waals surface area contributed by atoms with Gasteiger partial charge in [0.2, 0.25) is 6.29 Å². The minimum Gasteiger partial charge on any atom is -0.438 e. The van der Waals surface area contributed by atoms with E-state index in [1.165, 1.54) is 6.92 Å². The summed E-state index contributed by atoms with van der Waals surface area (Å²) in [6.45, 7) is 0.556. The molecule has 0 radical (unpaired) electrons. The first-order valence-corrected chi connectivity index (χ1v) is 7.10. The Morgan fingerprint density at radius 1 is 1.27 bits per heavy atom. The summed E-state index contributed by atoms with van der Waals surface area (Å²) >= 11 is 0. The Bertz CT molecular complexity index is 777. The number of alkyl halides is 3. The van der Waals surface area contributed by atoms with E-state index in [2.05, 4.69) is 9.47 Å². The quantitative estimate of drug-likeness (QED) is 0.639. The lowest BCUT2D eigenvalue weighted by molar-refractivity contribution is -0.166. The van der Waals surface area contributed by atoms with Crippen molar-refractivity contribution in [2.45, 2.75) is 19.4 Å². The Hall–Kier alpha value is -3.11. The molecule has 1 N–H and O–H groups in total. The maximum atomic E-state index is 12.8. The Morgan fingerprint density at radius 3 is 2.50 bits per heavy atom. The number of nitrogens with zero attached hydrogens (tertiary/aromatic N) is 1. The summed E-state index contributed by atoms with van der Waals surface area (Å²) in [5.74, 6) is -1.94. The van der Waals surface area contributed by atoms with E-state index in [1.54, 1.807) is 0 Å². The second kappa shape index (κ2) is 7.02. The average molecular weight is 374 g/mol. The van der Waals surface area contributed by atoms with Gasteiger partial charge in [0.05, 0.1) is 18.4 Å². The molecule has 1 unspecified atom stereocenters. The Labute approximate surface area is 144 Å². The predicted octanol–water partition coefficient (Wildman–Crippen LogP) is 2.09. The highest BCUT2D eigenvalue weighted by molar-refractivity contribution is 6.53. The lowest BCUT2D eigenvalue weighted by Gasteiger charge is -2.18. The number of carbonyl (C=O) groups is 3. The molecule has 1 atom stereocenters. The maximum absolute atomic E-state index is 12.8. The second-order valence-corrected chi connectivity index (χ2v) is 5.13. The van der Waals surface area contributed by atoms with Gasteiger partial charge in [-0.15, -0.1) is 0 Å². The second-order valence-electron chi connectivity index (χ2n) is 5.13. The number of fused-ring (bicyclic) bond motifs is 1. The van der Waals surface area contributed by atoms with Crippen molar-refractivity contribution in [1.29, 1.82) is 5.41 Å². The van der Waals surface area contributed by atoms with Crippen LogP contribution in [0.2, 0.25) is 0 Å². The highest BCUT2D eigenvalue weighted by atomic mass is 19.4. The van der Waals surface area contributed by atoms with Gasteiger partial charge in [0, 0.05) is 12.5 Å². The van der Waals surface area contributed by atoms with Gasteiger partial charge in [0.1, 0.15) is 12.3 Å². The van der Waals surface area contributed by atoms with E-state index >= 15 is 0 Å². The van der Waals surface area contributed by atoms with E-state index < -0.39 is 48.3 Å². The van der Waals surface area contributed by atoms with Crippen molar-refractivity contribution in [3.8, 4) is 0 Å². The molecule has 8 nitrogen and oxygen atoms in total. The number of rotatable bonds is 4. The van der Waals surface area contributed by atoms with Crippen molar-refractivity contribution in [3.05, 3.63) is 29.3 Å². The number of halogens is 3. The first-order valence-electron chi connectivity index (χ1n) is 7.10. The average Bonchev–Trinajstić information content (AvgIpc) is 2.78. The van der Waals surface area contributed by atoms with Crippen LogP contribution in [0.4, 0.5) is 23.7 Å². The van der Waals surface area contributed by atoms with E-state index in [1.807, 2.05) is 0 Å². The largest absolute Gasteiger partial charge is 0.511 e. The van der Waals surface area contributed by atoms with Crippen LogP contribution in [0.15, 0.2) is 18.2 Å². The van der Waals surface area contributed by atoms with E-state index in [9.17, 15) is 27.6 Å².